The number of rotatable bonds is 1. The van der Waals surface area contributed by atoms with Gasteiger partial charge in [-0.15, -0.1) is 0 Å². The molecule has 0 saturated heterocycles. The maximum absolute atomic E-state index is 12.5. The van der Waals surface area contributed by atoms with E-state index in [4.69, 9.17) is 4.74 Å². The Morgan fingerprint density at radius 1 is 1.12 bits per heavy atom. The zero-order chi connectivity index (χ0) is 16.6. The van der Waals surface area contributed by atoms with Crippen LogP contribution in [0.15, 0.2) is 35.9 Å². The van der Waals surface area contributed by atoms with E-state index in [1.165, 1.54) is 30.4 Å². The van der Waals surface area contributed by atoms with Gasteiger partial charge in [0, 0.05) is 17.4 Å². The van der Waals surface area contributed by atoms with Crippen LogP contribution in [0.2, 0.25) is 0 Å². The third kappa shape index (κ3) is 1.80. The van der Waals surface area contributed by atoms with Crippen LogP contribution in [-0.4, -0.2) is 11.4 Å². The zero-order valence-corrected chi connectivity index (χ0v) is 14.8. The van der Waals surface area contributed by atoms with Crippen LogP contribution in [0.25, 0.3) is 0 Å². The second-order valence-corrected chi connectivity index (χ2v) is 8.87. The topological polar surface area (TPSA) is 26.3 Å². The highest BCUT2D eigenvalue weighted by Gasteiger charge is 2.59. The van der Waals surface area contributed by atoms with Crippen molar-refractivity contribution in [2.75, 3.05) is 0 Å². The van der Waals surface area contributed by atoms with Crippen molar-refractivity contribution in [3.8, 4) is 5.75 Å². The van der Waals surface area contributed by atoms with Crippen LogP contribution in [0.4, 0.5) is 0 Å². The van der Waals surface area contributed by atoms with Gasteiger partial charge in [-0.2, -0.15) is 0 Å². The molecule has 1 aromatic carbocycles. The number of hydrogen-bond donors (Lipinski definition) is 0. The van der Waals surface area contributed by atoms with Crippen molar-refractivity contribution in [3.05, 3.63) is 41.5 Å². The van der Waals surface area contributed by atoms with Gasteiger partial charge in [0.05, 0.1) is 0 Å². The molecule has 0 spiro atoms. The van der Waals surface area contributed by atoms with Gasteiger partial charge in [-0.1, -0.05) is 24.3 Å². The Labute approximate surface area is 144 Å². The van der Waals surface area contributed by atoms with Crippen LogP contribution in [-0.2, 0) is 4.79 Å². The van der Waals surface area contributed by atoms with E-state index < -0.39 is 0 Å². The predicted octanol–water partition coefficient (Wildman–Crippen LogP) is 4.75. The van der Waals surface area contributed by atoms with E-state index in [9.17, 15) is 4.79 Å². The maximum Gasteiger partial charge on any atom is 0.136 e. The Bertz CT molecular complexity index is 744. The molecular formula is C22H26O2. The molecule has 2 saturated carbocycles. The molecule has 2 nitrogen and oxygen atoms in total. The van der Waals surface area contributed by atoms with Gasteiger partial charge in [-0.25, -0.2) is 0 Å². The van der Waals surface area contributed by atoms with Crippen LogP contribution in [0.3, 0.4) is 0 Å². The van der Waals surface area contributed by atoms with E-state index in [-0.39, 0.29) is 11.5 Å². The molecule has 0 radical (unpaired) electrons. The molecule has 4 aliphatic rings. The molecule has 126 valence electrons. The fraction of sp³-hybridized carbons (Fsp3) is 0.591. The SMILES string of the molecule is CC(=O)[C@H]1C=C2[C@@H](c3ccccc3OC2(C)C)[C@@H]2[C@H]3CC[C@H](C3)[C@@H]21. The summed E-state index contributed by atoms with van der Waals surface area (Å²) < 4.78 is 6.37. The number of para-hydroxylation sites is 1. The minimum Gasteiger partial charge on any atom is -0.483 e. The third-order valence-electron chi connectivity index (χ3n) is 7.32. The smallest absolute Gasteiger partial charge is 0.136 e. The second-order valence-electron chi connectivity index (χ2n) is 8.87. The number of ketones is 1. The molecule has 0 aromatic heterocycles. The number of hydrogen-bond acceptors (Lipinski definition) is 2. The van der Waals surface area contributed by atoms with E-state index in [0.717, 1.165) is 17.6 Å². The van der Waals surface area contributed by atoms with Gasteiger partial charge in [0.1, 0.15) is 17.1 Å². The summed E-state index contributed by atoms with van der Waals surface area (Å²) in [5.74, 6) is 4.66. The highest BCUT2D eigenvalue weighted by molar-refractivity contribution is 5.81. The average Bonchev–Trinajstić information content (AvgIpc) is 3.15. The Morgan fingerprint density at radius 3 is 2.58 bits per heavy atom. The molecule has 6 atom stereocenters. The van der Waals surface area contributed by atoms with E-state index in [2.05, 4.69) is 44.2 Å². The van der Waals surface area contributed by atoms with E-state index in [1.807, 2.05) is 0 Å². The molecule has 2 bridgehead atoms. The summed E-state index contributed by atoms with van der Waals surface area (Å²) in [5.41, 5.74) is 2.39. The lowest BCUT2D eigenvalue weighted by molar-refractivity contribution is -0.122. The van der Waals surface area contributed by atoms with Crippen molar-refractivity contribution in [1.82, 2.24) is 0 Å². The molecule has 1 aromatic rings. The van der Waals surface area contributed by atoms with Crippen LogP contribution in [0.1, 0.15) is 51.5 Å². The van der Waals surface area contributed by atoms with Crippen LogP contribution in [0.5, 0.6) is 5.75 Å². The maximum atomic E-state index is 12.5. The van der Waals surface area contributed by atoms with Gasteiger partial charge in [0.15, 0.2) is 0 Å². The lowest BCUT2D eigenvalue weighted by Gasteiger charge is -2.51. The molecule has 1 aliphatic heterocycles. The second kappa shape index (κ2) is 4.74. The van der Waals surface area contributed by atoms with Crippen molar-refractivity contribution in [3.63, 3.8) is 0 Å². The van der Waals surface area contributed by atoms with E-state index in [1.54, 1.807) is 6.92 Å². The van der Waals surface area contributed by atoms with Gasteiger partial charge in [-0.05, 0) is 75.3 Å². The molecule has 0 unspecified atom stereocenters. The van der Waals surface area contributed by atoms with Crippen LogP contribution in [0, 0.1) is 29.6 Å². The molecule has 24 heavy (non-hydrogen) atoms. The standard InChI is InChI=1S/C22H26O2/c1-12(23)16-11-17-21(20-14-9-8-13(10-14)19(16)20)15-6-4-5-7-18(15)24-22(17,2)3/h4-7,11,13-14,16,19-21H,8-10H2,1-3H3/t13-,14+,16-,19-,20-,21-/m1/s1. The quantitative estimate of drug-likeness (QED) is 0.698. The summed E-state index contributed by atoms with van der Waals surface area (Å²) >= 11 is 0. The molecule has 2 fully saturated rings. The molecular weight excluding hydrogens is 296 g/mol. The number of ether oxygens (including phenoxy) is 1. The van der Waals surface area contributed by atoms with E-state index in [0.29, 0.717) is 23.5 Å². The molecule has 0 amide bonds. The fourth-order valence-corrected chi connectivity index (χ4v) is 6.53. The van der Waals surface area contributed by atoms with Gasteiger partial charge in [0.25, 0.3) is 0 Å². The highest BCUT2D eigenvalue weighted by atomic mass is 16.5. The Balaban J connectivity index is 1.73. The van der Waals surface area contributed by atoms with Gasteiger partial charge in [0.2, 0.25) is 0 Å². The Morgan fingerprint density at radius 2 is 1.83 bits per heavy atom. The van der Waals surface area contributed by atoms with E-state index >= 15 is 0 Å². The number of Topliss-reactive ketones (excluding diaryl/α,β-unsaturated/α-hetero) is 1. The number of fused-ring (bicyclic) bond motifs is 9. The summed E-state index contributed by atoms with van der Waals surface area (Å²) in [4.78, 5) is 12.5. The van der Waals surface area contributed by atoms with Crippen molar-refractivity contribution < 1.29 is 9.53 Å². The first-order chi connectivity index (χ1) is 11.5. The summed E-state index contributed by atoms with van der Waals surface area (Å²) in [5, 5.41) is 0. The average molecular weight is 322 g/mol. The normalized spacial score (nSPS) is 40.9. The number of allylic oxidation sites excluding steroid dienone is 1. The molecule has 0 N–H and O–H groups in total. The van der Waals surface area contributed by atoms with Gasteiger partial charge < -0.3 is 4.74 Å². The summed E-state index contributed by atoms with van der Waals surface area (Å²) in [7, 11) is 0. The first-order valence-electron chi connectivity index (χ1n) is 9.48. The van der Waals surface area contributed by atoms with Crippen molar-refractivity contribution in [1.29, 1.82) is 0 Å². The van der Waals surface area contributed by atoms with Gasteiger partial charge >= 0.3 is 0 Å². The Kier molecular flexibility index (Phi) is 2.91. The summed E-state index contributed by atoms with van der Waals surface area (Å²) in [6.45, 7) is 6.13. The molecule has 3 aliphatic carbocycles. The first-order valence-corrected chi connectivity index (χ1v) is 9.48. The number of carbonyl (C=O) groups excluding carboxylic acids is 1. The molecule has 5 rings (SSSR count). The van der Waals surface area contributed by atoms with Crippen LogP contribution >= 0.6 is 0 Å². The fourth-order valence-electron chi connectivity index (χ4n) is 6.53. The Hall–Kier alpha value is -1.57. The molecule has 1 heterocycles. The number of benzene rings is 1. The van der Waals surface area contributed by atoms with Crippen molar-refractivity contribution >= 4 is 5.78 Å². The lowest BCUT2D eigenvalue weighted by atomic mass is 9.57. The largest absolute Gasteiger partial charge is 0.483 e. The molecule has 2 heteroatoms. The minimum absolute atomic E-state index is 0.102. The summed E-state index contributed by atoms with van der Waals surface area (Å²) in [6.07, 6.45) is 6.32. The van der Waals surface area contributed by atoms with Gasteiger partial charge in [-0.3, -0.25) is 4.79 Å². The zero-order valence-electron chi connectivity index (χ0n) is 14.8. The van der Waals surface area contributed by atoms with Crippen LogP contribution < -0.4 is 4.74 Å². The first kappa shape index (κ1) is 14.7. The summed E-state index contributed by atoms with van der Waals surface area (Å²) in [6, 6.07) is 8.58. The predicted molar refractivity (Wildman–Crippen MR) is 94.0 cm³/mol. The lowest BCUT2D eigenvalue weighted by Crippen LogP contribution is -2.47. The monoisotopic (exact) mass is 322 g/mol. The number of carbonyl (C=O) groups is 1. The van der Waals surface area contributed by atoms with Crippen molar-refractivity contribution in [2.24, 2.45) is 29.6 Å². The minimum atomic E-state index is -0.320. The third-order valence-corrected chi connectivity index (χ3v) is 7.32. The highest BCUT2D eigenvalue weighted by Crippen LogP contribution is 2.65. The van der Waals surface area contributed by atoms with Crippen molar-refractivity contribution in [2.45, 2.75) is 51.6 Å².